The Balaban J connectivity index is 1.71. The predicted molar refractivity (Wildman–Crippen MR) is 126 cm³/mol. The van der Waals surface area contributed by atoms with Gasteiger partial charge < -0.3 is 4.74 Å². The molecule has 0 unspecified atom stereocenters. The van der Waals surface area contributed by atoms with Gasteiger partial charge in [-0.1, -0.05) is 48.6 Å². The van der Waals surface area contributed by atoms with Crippen LogP contribution in [0, 0.1) is 0 Å². The molecule has 30 heavy (non-hydrogen) atoms. The van der Waals surface area contributed by atoms with Crippen molar-refractivity contribution in [3.8, 4) is 5.75 Å². The number of carbonyl (C=O) groups is 1. The molecule has 0 aliphatic rings. The monoisotopic (exact) mass is 434 g/mol. The first-order valence-corrected chi connectivity index (χ1v) is 11.5. The summed E-state index contributed by atoms with van der Waals surface area (Å²) in [5, 5.41) is 0.680. The number of benzene rings is 3. The fourth-order valence-electron chi connectivity index (χ4n) is 3.15. The summed E-state index contributed by atoms with van der Waals surface area (Å²) >= 11 is 3.27. The molecule has 0 aliphatic carbocycles. The number of nitrogens with zero attached hydrogens (tertiary/aromatic N) is 2. The molecular weight excluding hydrogens is 412 g/mol. The normalized spacial score (nSPS) is 10.9. The quantitative estimate of drug-likeness (QED) is 0.322. The van der Waals surface area contributed by atoms with Crippen LogP contribution in [-0.2, 0) is 6.54 Å². The van der Waals surface area contributed by atoms with E-state index < -0.39 is 0 Å². The van der Waals surface area contributed by atoms with Crippen molar-refractivity contribution in [1.82, 2.24) is 4.98 Å². The number of hydrogen-bond acceptors (Lipinski definition) is 5. The second-order valence-electron chi connectivity index (χ2n) is 6.66. The van der Waals surface area contributed by atoms with Gasteiger partial charge in [0.1, 0.15) is 5.75 Å². The van der Waals surface area contributed by atoms with E-state index in [4.69, 9.17) is 9.72 Å². The maximum atomic E-state index is 13.5. The lowest BCUT2D eigenvalue weighted by Gasteiger charge is -2.20. The maximum Gasteiger partial charge on any atom is 0.260 e. The molecule has 4 aromatic rings. The Morgan fingerprint density at radius 3 is 2.53 bits per heavy atom. The Morgan fingerprint density at radius 1 is 1.07 bits per heavy atom. The van der Waals surface area contributed by atoms with E-state index in [1.807, 2.05) is 72.8 Å². The number of hydrogen-bond donors (Lipinski definition) is 0. The minimum absolute atomic E-state index is 0.0575. The number of ether oxygens (including phenoxy) is 1. The van der Waals surface area contributed by atoms with E-state index in [1.165, 1.54) is 11.3 Å². The van der Waals surface area contributed by atoms with Crippen LogP contribution < -0.4 is 9.64 Å². The Bertz CT molecular complexity index is 1140. The third-order valence-electron chi connectivity index (χ3n) is 4.66. The topological polar surface area (TPSA) is 42.4 Å². The molecule has 1 amide bonds. The highest BCUT2D eigenvalue weighted by Gasteiger charge is 2.22. The summed E-state index contributed by atoms with van der Waals surface area (Å²) in [5.74, 6) is 1.70. The average molecular weight is 435 g/mol. The van der Waals surface area contributed by atoms with E-state index in [-0.39, 0.29) is 5.91 Å². The maximum absolute atomic E-state index is 13.5. The van der Waals surface area contributed by atoms with Crippen LogP contribution in [0.25, 0.3) is 10.2 Å². The summed E-state index contributed by atoms with van der Waals surface area (Å²) in [6.07, 6.45) is 0. The van der Waals surface area contributed by atoms with Crippen molar-refractivity contribution in [1.29, 1.82) is 0 Å². The lowest BCUT2D eigenvalue weighted by atomic mass is 10.1. The van der Waals surface area contributed by atoms with Gasteiger partial charge in [0.05, 0.1) is 23.9 Å². The van der Waals surface area contributed by atoms with E-state index in [9.17, 15) is 4.79 Å². The van der Waals surface area contributed by atoms with Crippen molar-refractivity contribution in [2.75, 3.05) is 17.8 Å². The summed E-state index contributed by atoms with van der Waals surface area (Å²) in [6.45, 7) is 2.58. The molecule has 4 nitrogen and oxygen atoms in total. The second-order valence-corrected chi connectivity index (χ2v) is 9.01. The van der Waals surface area contributed by atoms with Gasteiger partial charge in [0.2, 0.25) is 0 Å². The molecule has 0 fully saturated rings. The molecule has 1 heterocycles. The minimum atomic E-state index is -0.0575. The lowest BCUT2D eigenvalue weighted by molar-refractivity contribution is 0.0985. The van der Waals surface area contributed by atoms with E-state index >= 15 is 0 Å². The standard InChI is InChI=1S/C24H22N2O2S2/c1-3-29-20-12-9-18(10-13-20)23(27)26(16-17-7-5-4-6-8-17)24-25-21-15-19(28-2)11-14-22(21)30-24/h4-15H,3,16H2,1-2H3. The predicted octanol–water partition coefficient (Wildman–Crippen LogP) is 6.26. The van der Waals surface area contributed by atoms with Gasteiger partial charge in [-0.15, -0.1) is 11.8 Å². The van der Waals surface area contributed by atoms with Crippen LogP contribution in [0.4, 0.5) is 5.13 Å². The number of thiazole rings is 1. The van der Waals surface area contributed by atoms with Crippen molar-refractivity contribution < 1.29 is 9.53 Å². The third-order valence-corrected chi connectivity index (χ3v) is 6.61. The van der Waals surface area contributed by atoms with Crippen LogP contribution in [0.5, 0.6) is 5.75 Å². The Kier molecular flexibility index (Phi) is 6.35. The number of amides is 1. The first-order chi connectivity index (χ1) is 14.7. The molecule has 0 radical (unpaired) electrons. The smallest absolute Gasteiger partial charge is 0.260 e. The Labute approximate surface area is 184 Å². The first-order valence-electron chi connectivity index (χ1n) is 9.71. The van der Waals surface area contributed by atoms with Gasteiger partial charge in [0, 0.05) is 16.5 Å². The van der Waals surface area contributed by atoms with Gasteiger partial charge in [-0.2, -0.15) is 0 Å². The van der Waals surface area contributed by atoms with Crippen molar-refractivity contribution >= 4 is 44.4 Å². The second kappa shape index (κ2) is 9.32. The number of carbonyl (C=O) groups excluding carboxylic acids is 1. The molecule has 0 spiro atoms. The summed E-state index contributed by atoms with van der Waals surface area (Å²) in [7, 11) is 1.64. The van der Waals surface area contributed by atoms with Crippen molar-refractivity contribution in [2.24, 2.45) is 0 Å². The number of thioether (sulfide) groups is 1. The zero-order chi connectivity index (χ0) is 20.9. The fourth-order valence-corrected chi connectivity index (χ4v) is 4.75. The van der Waals surface area contributed by atoms with Gasteiger partial charge >= 0.3 is 0 Å². The fraction of sp³-hybridized carbons (Fsp3) is 0.167. The molecule has 0 atom stereocenters. The van der Waals surface area contributed by atoms with E-state index in [0.717, 1.165) is 32.2 Å². The van der Waals surface area contributed by atoms with Crippen molar-refractivity contribution in [3.63, 3.8) is 0 Å². The highest BCUT2D eigenvalue weighted by molar-refractivity contribution is 7.99. The molecule has 0 saturated heterocycles. The van der Waals surface area contributed by atoms with Crippen molar-refractivity contribution in [2.45, 2.75) is 18.4 Å². The van der Waals surface area contributed by atoms with Crippen molar-refractivity contribution in [3.05, 3.63) is 83.9 Å². The highest BCUT2D eigenvalue weighted by atomic mass is 32.2. The summed E-state index contributed by atoms with van der Waals surface area (Å²) < 4.78 is 6.34. The molecule has 0 aliphatic heterocycles. The van der Waals surface area contributed by atoms with Crippen LogP contribution in [0.1, 0.15) is 22.8 Å². The number of aromatic nitrogens is 1. The molecule has 4 rings (SSSR count). The summed E-state index contributed by atoms with van der Waals surface area (Å²) in [5.41, 5.74) is 2.54. The van der Waals surface area contributed by atoms with Gasteiger partial charge in [-0.3, -0.25) is 9.69 Å². The highest BCUT2D eigenvalue weighted by Crippen LogP contribution is 2.33. The molecule has 0 N–H and O–H groups in total. The summed E-state index contributed by atoms with van der Waals surface area (Å²) in [4.78, 5) is 21.2. The molecule has 6 heteroatoms. The van der Waals surface area contributed by atoms with Gasteiger partial charge in [0.25, 0.3) is 5.91 Å². The van der Waals surface area contributed by atoms with E-state index in [1.54, 1.807) is 23.8 Å². The van der Waals surface area contributed by atoms with Gasteiger partial charge in [-0.25, -0.2) is 4.98 Å². The summed E-state index contributed by atoms with van der Waals surface area (Å²) in [6, 6.07) is 23.6. The zero-order valence-electron chi connectivity index (χ0n) is 16.9. The van der Waals surface area contributed by atoms with Crippen LogP contribution in [0.2, 0.25) is 0 Å². The van der Waals surface area contributed by atoms with Gasteiger partial charge in [0.15, 0.2) is 5.13 Å². The zero-order valence-corrected chi connectivity index (χ0v) is 18.5. The molecular formula is C24H22N2O2S2. The third kappa shape index (κ3) is 4.50. The van der Waals surface area contributed by atoms with Crippen LogP contribution in [0.15, 0.2) is 77.7 Å². The van der Waals surface area contributed by atoms with Gasteiger partial charge in [-0.05, 0) is 47.7 Å². The van der Waals surface area contributed by atoms with E-state index in [2.05, 4.69) is 6.92 Å². The molecule has 0 bridgehead atoms. The largest absolute Gasteiger partial charge is 0.497 e. The molecule has 0 saturated carbocycles. The number of fused-ring (bicyclic) bond motifs is 1. The minimum Gasteiger partial charge on any atom is -0.497 e. The molecule has 152 valence electrons. The average Bonchev–Trinajstić information content (AvgIpc) is 3.21. The van der Waals surface area contributed by atoms with Crippen LogP contribution in [0.3, 0.4) is 0 Å². The Morgan fingerprint density at radius 2 is 1.83 bits per heavy atom. The number of methoxy groups -OCH3 is 1. The van der Waals surface area contributed by atoms with Crippen LogP contribution in [-0.4, -0.2) is 23.8 Å². The van der Waals surface area contributed by atoms with E-state index in [0.29, 0.717) is 17.2 Å². The SMILES string of the molecule is CCSc1ccc(C(=O)N(Cc2ccccc2)c2nc3cc(OC)ccc3s2)cc1. The molecule has 1 aromatic heterocycles. The number of rotatable bonds is 7. The lowest BCUT2D eigenvalue weighted by Crippen LogP contribution is -2.30. The number of anilines is 1. The first kappa shape index (κ1) is 20.4. The van der Waals surface area contributed by atoms with Crippen LogP contribution >= 0.6 is 23.1 Å². The molecule has 3 aromatic carbocycles. The Hall–Kier alpha value is -2.83.